The van der Waals surface area contributed by atoms with Crippen molar-refractivity contribution < 1.29 is 35.4 Å². The molecule has 0 saturated carbocycles. The summed E-state index contributed by atoms with van der Waals surface area (Å²) in [6.07, 6.45) is -8.10. The van der Waals surface area contributed by atoms with Crippen molar-refractivity contribution in [3.8, 4) is 0 Å². The van der Waals surface area contributed by atoms with E-state index >= 15 is 0 Å². The Hall–Kier alpha value is -0.320. The van der Waals surface area contributed by atoms with Crippen LogP contribution in [0, 0.1) is 0 Å². The van der Waals surface area contributed by atoms with Crippen molar-refractivity contribution in [2.75, 3.05) is 32.9 Å². The first kappa shape index (κ1) is 15.7. The van der Waals surface area contributed by atoms with E-state index in [0.29, 0.717) is 26.3 Å². The first-order valence-electron chi connectivity index (χ1n) is 5.82. The molecule has 1 aliphatic rings. The van der Waals surface area contributed by atoms with Crippen LogP contribution in [0.2, 0.25) is 0 Å². The molecule has 8 nitrogen and oxygen atoms in total. The average molecular weight is 267 g/mol. The number of ether oxygens (including phenoxy) is 1. The van der Waals surface area contributed by atoms with Gasteiger partial charge >= 0.3 is 0 Å². The summed E-state index contributed by atoms with van der Waals surface area (Å²) in [5.74, 6) is 0. The van der Waals surface area contributed by atoms with Gasteiger partial charge < -0.3 is 35.4 Å². The van der Waals surface area contributed by atoms with Gasteiger partial charge in [-0.3, -0.25) is 4.90 Å². The molecule has 6 N–H and O–H groups in total. The van der Waals surface area contributed by atoms with Crippen LogP contribution in [0.5, 0.6) is 0 Å². The van der Waals surface area contributed by atoms with Gasteiger partial charge in [0.05, 0.1) is 19.8 Å². The largest absolute Gasteiger partial charge is 0.394 e. The Bertz CT molecular complexity index is 228. The summed E-state index contributed by atoms with van der Waals surface area (Å²) in [6.45, 7) is 0.842. The summed E-state index contributed by atoms with van der Waals surface area (Å²) < 4.78 is 5.07. The first-order valence-corrected chi connectivity index (χ1v) is 5.82. The first-order chi connectivity index (χ1) is 8.49. The maximum Gasteiger partial charge on any atom is 0.136 e. The third-order valence-corrected chi connectivity index (χ3v) is 3.01. The van der Waals surface area contributed by atoms with E-state index in [4.69, 9.17) is 14.9 Å². The van der Waals surface area contributed by atoms with Crippen LogP contribution in [0.4, 0.5) is 0 Å². The van der Waals surface area contributed by atoms with Gasteiger partial charge in [0.1, 0.15) is 30.6 Å². The SMILES string of the molecule is OC[C@@H](O)[C@@H](O)[C@@H](O)[C@H](O)C(O)N1CCOCC1. The quantitative estimate of drug-likeness (QED) is 0.287. The Balaban J connectivity index is 2.53. The monoisotopic (exact) mass is 267 g/mol. The van der Waals surface area contributed by atoms with Gasteiger partial charge in [-0.05, 0) is 0 Å². The average Bonchev–Trinajstić information content (AvgIpc) is 2.44. The third kappa shape index (κ3) is 3.84. The summed E-state index contributed by atoms with van der Waals surface area (Å²) in [7, 11) is 0. The van der Waals surface area contributed by atoms with Gasteiger partial charge in [0.2, 0.25) is 0 Å². The number of hydrogen-bond donors (Lipinski definition) is 6. The van der Waals surface area contributed by atoms with Gasteiger partial charge in [-0.25, -0.2) is 0 Å². The number of nitrogens with zero attached hydrogens (tertiary/aromatic N) is 1. The Labute approximate surface area is 105 Å². The Morgan fingerprint density at radius 1 is 0.889 bits per heavy atom. The Morgan fingerprint density at radius 3 is 1.94 bits per heavy atom. The van der Waals surface area contributed by atoms with Gasteiger partial charge in [0, 0.05) is 13.1 Å². The van der Waals surface area contributed by atoms with E-state index in [1.165, 1.54) is 4.90 Å². The predicted molar refractivity (Wildman–Crippen MR) is 59.5 cm³/mol. The molecular formula is C10H21NO7. The Morgan fingerprint density at radius 2 is 1.44 bits per heavy atom. The molecule has 1 fully saturated rings. The highest BCUT2D eigenvalue weighted by Crippen LogP contribution is 2.12. The zero-order chi connectivity index (χ0) is 13.7. The molecule has 0 bridgehead atoms. The number of morpholine rings is 1. The van der Waals surface area contributed by atoms with Crippen molar-refractivity contribution in [2.45, 2.75) is 30.6 Å². The molecule has 1 aliphatic heterocycles. The van der Waals surface area contributed by atoms with Gasteiger partial charge in [-0.2, -0.15) is 0 Å². The minimum atomic E-state index is -1.76. The maximum atomic E-state index is 9.82. The van der Waals surface area contributed by atoms with Crippen molar-refractivity contribution >= 4 is 0 Å². The lowest BCUT2D eigenvalue weighted by Crippen LogP contribution is -2.56. The standard InChI is InChI=1S/C10H21NO7/c12-5-6(13)7(14)8(15)9(16)10(17)11-1-3-18-4-2-11/h6-10,12-17H,1-5H2/t6-,7-,8-,9+,10?/m1/s1. The van der Waals surface area contributed by atoms with Crippen LogP contribution in [0.3, 0.4) is 0 Å². The highest BCUT2D eigenvalue weighted by molar-refractivity contribution is 4.85. The second-order valence-electron chi connectivity index (χ2n) is 4.28. The Kier molecular flexibility index (Phi) is 6.39. The van der Waals surface area contributed by atoms with E-state index in [-0.39, 0.29) is 0 Å². The summed E-state index contributed by atoms with van der Waals surface area (Å²) in [6, 6.07) is 0. The normalized spacial score (nSPS) is 26.3. The summed E-state index contributed by atoms with van der Waals surface area (Å²) >= 11 is 0. The van der Waals surface area contributed by atoms with Gasteiger partial charge in [-0.1, -0.05) is 0 Å². The molecule has 0 amide bonds. The highest BCUT2D eigenvalue weighted by Gasteiger charge is 2.36. The summed E-state index contributed by atoms with van der Waals surface area (Å²) in [5, 5.41) is 56.4. The zero-order valence-corrected chi connectivity index (χ0v) is 9.96. The fourth-order valence-electron chi connectivity index (χ4n) is 1.77. The molecule has 0 spiro atoms. The lowest BCUT2D eigenvalue weighted by atomic mass is 10.0. The third-order valence-electron chi connectivity index (χ3n) is 3.01. The van der Waals surface area contributed by atoms with E-state index in [0.717, 1.165) is 0 Å². The van der Waals surface area contributed by atoms with Gasteiger partial charge in [0.25, 0.3) is 0 Å². The maximum absolute atomic E-state index is 9.82. The molecule has 0 aromatic heterocycles. The number of aliphatic hydroxyl groups is 6. The van der Waals surface area contributed by atoms with Crippen LogP contribution in [0.25, 0.3) is 0 Å². The fraction of sp³-hybridized carbons (Fsp3) is 1.00. The van der Waals surface area contributed by atoms with E-state index in [2.05, 4.69) is 0 Å². The smallest absolute Gasteiger partial charge is 0.136 e. The zero-order valence-electron chi connectivity index (χ0n) is 9.96. The molecular weight excluding hydrogens is 246 g/mol. The van der Waals surface area contributed by atoms with E-state index in [1.54, 1.807) is 0 Å². The van der Waals surface area contributed by atoms with Crippen molar-refractivity contribution in [2.24, 2.45) is 0 Å². The van der Waals surface area contributed by atoms with Crippen LogP contribution in [0.15, 0.2) is 0 Å². The minimum absolute atomic E-state index is 0.392. The molecule has 108 valence electrons. The van der Waals surface area contributed by atoms with E-state index in [1.807, 2.05) is 0 Å². The molecule has 0 aliphatic carbocycles. The van der Waals surface area contributed by atoms with Crippen molar-refractivity contribution in [3.05, 3.63) is 0 Å². The van der Waals surface area contributed by atoms with Crippen LogP contribution in [0.1, 0.15) is 0 Å². The van der Waals surface area contributed by atoms with Crippen molar-refractivity contribution in [1.29, 1.82) is 0 Å². The van der Waals surface area contributed by atoms with E-state index in [9.17, 15) is 20.4 Å². The summed E-state index contributed by atoms with van der Waals surface area (Å²) in [5.41, 5.74) is 0. The topological polar surface area (TPSA) is 134 Å². The fourth-order valence-corrected chi connectivity index (χ4v) is 1.77. The van der Waals surface area contributed by atoms with E-state index < -0.39 is 37.3 Å². The molecule has 1 unspecified atom stereocenters. The number of aliphatic hydroxyl groups excluding tert-OH is 6. The number of hydrogen-bond acceptors (Lipinski definition) is 8. The molecule has 1 heterocycles. The van der Waals surface area contributed by atoms with Crippen LogP contribution >= 0.6 is 0 Å². The minimum Gasteiger partial charge on any atom is -0.394 e. The molecule has 18 heavy (non-hydrogen) atoms. The van der Waals surface area contributed by atoms with Crippen LogP contribution < -0.4 is 0 Å². The van der Waals surface area contributed by atoms with Crippen LogP contribution in [-0.2, 0) is 4.74 Å². The lowest BCUT2D eigenvalue weighted by Gasteiger charge is -2.36. The second-order valence-corrected chi connectivity index (χ2v) is 4.28. The molecule has 1 rings (SSSR count). The molecule has 5 atom stereocenters. The molecule has 1 saturated heterocycles. The van der Waals surface area contributed by atoms with Gasteiger partial charge in [0.15, 0.2) is 0 Å². The van der Waals surface area contributed by atoms with Crippen molar-refractivity contribution in [1.82, 2.24) is 4.90 Å². The number of rotatable bonds is 6. The van der Waals surface area contributed by atoms with Crippen molar-refractivity contribution in [3.63, 3.8) is 0 Å². The molecule has 0 aromatic rings. The highest BCUT2D eigenvalue weighted by atomic mass is 16.5. The summed E-state index contributed by atoms with van der Waals surface area (Å²) in [4.78, 5) is 1.50. The predicted octanol–water partition coefficient (Wildman–Crippen LogP) is -3.93. The second kappa shape index (κ2) is 7.31. The van der Waals surface area contributed by atoms with Gasteiger partial charge in [-0.15, -0.1) is 0 Å². The molecule has 0 aromatic carbocycles. The molecule has 0 radical (unpaired) electrons. The molecule has 8 heteroatoms. The lowest BCUT2D eigenvalue weighted by molar-refractivity contribution is -0.179. The van der Waals surface area contributed by atoms with Crippen LogP contribution in [-0.4, -0.2) is 99.1 Å².